The van der Waals surface area contributed by atoms with Crippen molar-refractivity contribution in [1.82, 2.24) is 14.5 Å². The Labute approximate surface area is 192 Å². The van der Waals surface area contributed by atoms with Crippen LogP contribution >= 0.6 is 34.5 Å². The Morgan fingerprint density at radius 2 is 1.84 bits per heavy atom. The molecule has 5 aromatic rings. The van der Waals surface area contributed by atoms with Crippen molar-refractivity contribution in [3.8, 4) is 6.07 Å². The highest BCUT2D eigenvalue weighted by Gasteiger charge is 2.15. The molecule has 2 heterocycles. The van der Waals surface area contributed by atoms with Crippen molar-refractivity contribution >= 4 is 60.9 Å². The summed E-state index contributed by atoms with van der Waals surface area (Å²) in [6.45, 7) is 0.496. The first-order valence-electron chi connectivity index (χ1n) is 9.48. The molecule has 0 aliphatic heterocycles. The molecule has 152 valence electrons. The van der Waals surface area contributed by atoms with Gasteiger partial charge < -0.3 is 10.3 Å². The van der Waals surface area contributed by atoms with Gasteiger partial charge in [-0.2, -0.15) is 5.26 Å². The molecule has 0 atom stereocenters. The van der Waals surface area contributed by atoms with Gasteiger partial charge in [-0.05, 0) is 59.7 Å². The second-order valence-corrected chi connectivity index (χ2v) is 9.10. The van der Waals surface area contributed by atoms with Gasteiger partial charge in [-0.25, -0.2) is 9.97 Å². The molecule has 0 radical (unpaired) electrons. The van der Waals surface area contributed by atoms with Crippen LogP contribution in [-0.4, -0.2) is 14.5 Å². The summed E-state index contributed by atoms with van der Waals surface area (Å²) in [6, 6.07) is 19.3. The molecule has 5 rings (SSSR count). The fourth-order valence-corrected chi connectivity index (χ4v) is 4.84. The average molecular weight is 464 g/mol. The lowest BCUT2D eigenvalue weighted by Gasteiger charge is -2.12. The lowest BCUT2D eigenvalue weighted by atomic mass is 10.1. The number of rotatable bonds is 4. The van der Waals surface area contributed by atoms with E-state index in [9.17, 15) is 5.26 Å². The van der Waals surface area contributed by atoms with E-state index in [0.717, 1.165) is 38.2 Å². The van der Waals surface area contributed by atoms with E-state index in [1.807, 2.05) is 30.3 Å². The number of nitriles is 1. The lowest BCUT2D eigenvalue weighted by Crippen LogP contribution is -2.06. The number of hydrogen-bond acceptors (Lipinski definition) is 5. The smallest absolute Gasteiger partial charge is 0.181 e. The quantitative estimate of drug-likeness (QED) is 0.351. The second kappa shape index (κ2) is 7.86. The van der Waals surface area contributed by atoms with Gasteiger partial charge in [0.05, 0.1) is 39.4 Å². The van der Waals surface area contributed by atoms with E-state index in [0.29, 0.717) is 33.7 Å². The maximum absolute atomic E-state index is 9.37. The minimum absolute atomic E-state index is 0.496. The zero-order valence-corrected chi connectivity index (χ0v) is 18.5. The number of aromatic nitrogens is 3. The minimum atomic E-state index is 0.496. The molecule has 0 aliphatic carbocycles. The van der Waals surface area contributed by atoms with Crippen LogP contribution in [0.25, 0.3) is 21.3 Å². The molecule has 0 fully saturated rings. The van der Waals surface area contributed by atoms with Crippen molar-refractivity contribution in [2.45, 2.75) is 13.0 Å². The Kier molecular flexibility index (Phi) is 5.03. The highest BCUT2D eigenvalue weighted by molar-refractivity contribution is 7.22. The summed E-state index contributed by atoms with van der Waals surface area (Å²) in [6.07, 6.45) is 0.614. The molecule has 3 aromatic carbocycles. The van der Waals surface area contributed by atoms with Gasteiger partial charge in [0, 0.05) is 16.5 Å². The number of nitrogens with zero attached hydrogens (tertiary/aromatic N) is 4. The van der Waals surface area contributed by atoms with E-state index in [1.165, 1.54) is 11.3 Å². The maximum atomic E-state index is 9.37. The third-order valence-electron chi connectivity index (χ3n) is 5.12. The summed E-state index contributed by atoms with van der Waals surface area (Å²) in [4.78, 5) is 9.18. The van der Waals surface area contributed by atoms with Gasteiger partial charge in [-0.15, -0.1) is 0 Å². The van der Waals surface area contributed by atoms with Crippen LogP contribution in [0.2, 0.25) is 10.0 Å². The first-order valence-corrected chi connectivity index (χ1v) is 11.1. The lowest BCUT2D eigenvalue weighted by molar-refractivity contribution is 0.763. The van der Waals surface area contributed by atoms with Gasteiger partial charge in [0.1, 0.15) is 5.82 Å². The minimum Gasteiger partial charge on any atom is -0.375 e. The number of hydrogen-bond donors (Lipinski definition) is 1. The third kappa shape index (κ3) is 3.84. The molecule has 0 amide bonds. The molecule has 0 unspecified atom stereocenters. The van der Waals surface area contributed by atoms with Crippen LogP contribution < -0.4 is 5.73 Å². The molecule has 5 nitrogen and oxygen atoms in total. The van der Waals surface area contributed by atoms with E-state index < -0.39 is 0 Å². The molecule has 8 heteroatoms. The summed E-state index contributed by atoms with van der Waals surface area (Å²) >= 11 is 14.1. The monoisotopic (exact) mass is 463 g/mol. The average Bonchev–Trinajstić information content (AvgIpc) is 3.29. The zero-order valence-electron chi connectivity index (χ0n) is 16.1. The number of halogens is 2. The van der Waals surface area contributed by atoms with E-state index in [-0.39, 0.29) is 0 Å². The topological polar surface area (TPSA) is 80.5 Å². The van der Waals surface area contributed by atoms with E-state index in [1.54, 1.807) is 18.2 Å². The highest BCUT2D eigenvalue weighted by Crippen LogP contribution is 2.28. The molecular formula is C23H15Cl2N5S. The number of thiazole rings is 1. The Hall–Kier alpha value is -3.11. The second-order valence-electron chi connectivity index (χ2n) is 7.20. The van der Waals surface area contributed by atoms with Gasteiger partial charge in [0.15, 0.2) is 5.13 Å². The number of benzene rings is 3. The summed E-state index contributed by atoms with van der Waals surface area (Å²) in [5, 5.41) is 11.2. The van der Waals surface area contributed by atoms with Gasteiger partial charge in [0.2, 0.25) is 0 Å². The summed E-state index contributed by atoms with van der Waals surface area (Å²) in [5.41, 5.74) is 11.0. The number of fused-ring (bicyclic) bond motifs is 2. The van der Waals surface area contributed by atoms with Crippen molar-refractivity contribution < 1.29 is 0 Å². The first-order chi connectivity index (χ1) is 15.0. The van der Waals surface area contributed by atoms with Crippen LogP contribution in [0.15, 0.2) is 54.6 Å². The van der Waals surface area contributed by atoms with Crippen LogP contribution in [0.3, 0.4) is 0 Å². The maximum Gasteiger partial charge on any atom is 0.181 e. The highest BCUT2D eigenvalue weighted by atomic mass is 35.5. The molecular weight excluding hydrogens is 449 g/mol. The van der Waals surface area contributed by atoms with E-state index in [2.05, 4.69) is 21.7 Å². The van der Waals surface area contributed by atoms with Crippen molar-refractivity contribution in [3.63, 3.8) is 0 Å². The van der Waals surface area contributed by atoms with Crippen LogP contribution in [-0.2, 0) is 13.0 Å². The van der Waals surface area contributed by atoms with Crippen molar-refractivity contribution in [2.24, 2.45) is 0 Å². The Bertz CT molecular complexity index is 1500. The molecule has 31 heavy (non-hydrogen) atoms. The Morgan fingerprint density at radius 1 is 1.00 bits per heavy atom. The van der Waals surface area contributed by atoms with Crippen LogP contribution in [0.1, 0.15) is 22.5 Å². The Balaban J connectivity index is 1.62. The number of anilines is 1. The van der Waals surface area contributed by atoms with Gasteiger partial charge in [-0.3, -0.25) is 0 Å². The van der Waals surface area contributed by atoms with Crippen molar-refractivity contribution in [3.05, 3.63) is 87.2 Å². The van der Waals surface area contributed by atoms with Crippen molar-refractivity contribution in [1.29, 1.82) is 5.26 Å². The first kappa shape index (κ1) is 19.8. The largest absolute Gasteiger partial charge is 0.375 e. The molecule has 0 spiro atoms. The van der Waals surface area contributed by atoms with Gasteiger partial charge in [-0.1, -0.05) is 40.6 Å². The molecule has 0 bridgehead atoms. The zero-order chi connectivity index (χ0) is 21.5. The predicted molar refractivity (Wildman–Crippen MR) is 127 cm³/mol. The predicted octanol–water partition coefficient (Wildman–Crippen LogP) is 6.05. The molecule has 0 aliphatic rings. The van der Waals surface area contributed by atoms with Crippen LogP contribution in [0, 0.1) is 11.3 Å². The summed E-state index contributed by atoms with van der Waals surface area (Å²) in [5.74, 6) is 0.873. The molecule has 2 aromatic heterocycles. The van der Waals surface area contributed by atoms with Gasteiger partial charge in [0.25, 0.3) is 0 Å². The molecule has 0 saturated heterocycles. The van der Waals surface area contributed by atoms with E-state index >= 15 is 0 Å². The van der Waals surface area contributed by atoms with Crippen LogP contribution in [0.5, 0.6) is 0 Å². The van der Waals surface area contributed by atoms with E-state index in [4.69, 9.17) is 33.9 Å². The standard InChI is InChI=1S/C23H15Cl2N5S/c24-16-3-4-17(25)15(10-16)12-30-20-7-14(11-26)2-5-18(20)28-22(30)9-13-1-6-19-21(8-13)31-23(27)29-19/h1-8,10H,9,12H2,(H2,27,29). The molecule has 2 N–H and O–H groups in total. The summed E-state index contributed by atoms with van der Waals surface area (Å²) in [7, 11) is 0. The third-order valence-corrected chi connectivity index (χ3v) is 6.58. The number of nitrogen functional groups attached to an aromatic ring is 1. The fraction of sp³-hybridized carbons (Fsp3) is 0.0870. The van der Waals surface area contributed by atoms with Gasteiger partial charge >= 0.3 is 0 Å². The fourth-order valence-electron chi connectivity index (χ4n) is 3.67. The molecule has 0 saturated carbocycles. The Morgan fingerprint density at radius 3 is 2.68 bits per heavy atom. The normalized spacial score (nSPS) is 11.3. The SMILES string of the molecule is N#Cc1ccc2nc(Cc3ccc4nc(N)sc4c3)n(Cc3cc(Cl)ccc3Cl)c2c1. The van der Waals surface area contributed by atoms with Crippen LogP contribution in [0.4, 0.5) is 5.13 Å². The number of nitrogens with two attached hydrogens (primary N) is 1. The number of imidazole rings is 1. The van der Waals surface area contributed by atoms with Crippen molar-refractivity contribution in [2.75, 3.05) is 5.73 Å². The summed E-state index contributed by atoms with van der Waals surface area (Å²) < 4.78 is 3.14.